The van der Waals surface area contributed by atoms with E-state index in [2.05, 4.69) is 54.2 Å². The van der Waals surface area contributed by atoms with E-state index in [0.717, 1.165) is 62.3 Å². The molecular formula is C40H37ClN10O3S. The summed E-state index contributed by atoms with van der Waals surface area (Å²) >= 11 is 7.84. The highest BCUT2D eigenvalue weighted by molar-refractivity contribution is 7.15. The summed E-state index contributed by atoms with van der Waals surface area (Å²) in [6.45, 7) is 9.09. The van der Waals surface area contributed by atoms with Gasteiger partial charge in [0.15, 0.2) is 5.82 Å². The van der Waals surface area contributed by atoms with Gasteiger partial charge in [0.1, 0.15) is 28.7 Å². The lowest BCUT2D eigenvalue weighted by atomic mass is 9.99. The SMILES string of the molecule is Cc1c(C#Cc2cnn(CCCCNc3cccc4nc(C)n(C5CCC(=O)NC5=O)c(=O)c34)c2)sc2c1C(c1ccc(Cl)cc1)=N[C@@H](C)c1nnc(C)n1-2. The Bertz CT molecular complexity index is 2660. The maximum atomic E-state index is 13.7. The van der Waals surface area contributed by atoms with Crippen molar-refractivity contribution in [1.29, 1.82) is 0 Å². The molecule has 0 aliphatic carbocycles. The number of aliphatic imine (C=N–C) groups is 1. The fraction of sp³-hybridized carbons (Fsp3) is 0.300. The summed E-state index contributed by atoms with van der Waals surface area (Å²) in [6, 6.07) is 12.3. The first-order valence-electron chi connectivity index (χ1n) is 18.1. The van der Waals surface area contributed by atoms with Crippen LogP contribution in [0.5, 0.6) is 0 Å². The lowest BCUT2D eigenvalue weighted by Crippen LogP contribution is -2.45. The third kappa shape index (κ3) is 6.85. The number of rotatable bonds is 8. The number of hydrogen-bond acceptors (Lipinski definition) is 10. The van der Waals surface area contributed by atoms with Gasteiger partial charge in [0.25, 0.3) is 5.56 Å². The molecule has 2 atom stereocenters. The number of fused-ring (bicyclic) bond motifs is 4. The molecule has 2 amide bonds. The highest BCUT2D eigenvalue weighted by Crippen LogP contribution is 2.39. The number of anilines is 1. The van der Waals surface area contributed by atoms with E-state index < -0.39 is 11.9 Å². The van der Waals surface area contributed by atoms with Gasteiger partial charge in [0.2, 0.25) is 11.8 Å². The fourth-order valence-electron chi connectivity index (χ4n) is 7.19. The van der Waals surface area contributed by atoms with Crippen molar-refractivity contribution in [2.75, 3.05) is 11.9 Å². The Balaban J connectivity index is 0.951. The molecule has 0 bridgehead atoms. The van der Waals surface area contributed by atoms with Crippen LogP contribution in [0.25, 0.3) is 15.9 Å². The maximum Gasteiger partial charge on any atom is 0.264 e. The van der Waals surface area contributed by atoms with Crippen LogP contribution in [0.15, 0.2) is 64.6 Å². The first kappa shape index (κ1) is 36.1. The largest absolute Gasteiger partial charge is 0.384 e. The predicted octanol–water partition coefficient (Wildman–Crippen LogP) is 6.00. The van der Waals surface area contributed by atoms with Gasteiger partial charge < -0.3 is 5.32 Å². The Labute approximate surface area is 325 Å². The van der Waals surface area contributed by atoms with Gasteiger partial charge in [-0.2, -0.15) is 5.10 Å². The number of carbonyl (C=O) groups excluding carboxylic acids is 2. The lowest BCUT2D eigenvalue weighted by Gasteiger charge is -2.24. The molecule has 0 saturated carbocycles. The molecule has 278 valence electrons. The number of thiophene rings is 1. The Morgan fingerprint density at radius 2 is 1.84 bits per heavy atom. The average Bonchev–Trinajstić information content (AvgIpc) is 3.85. The number of nitrogens with zero attached hydrogens (tertiary/aromatic N) is 8. The molecule has 2 aliphatic rings. The van der Waals surface area contributed by atoms with Crippen LogP contribution >= 0.6 is 22.9 Å². The monoisotopic (exact) mass is 772 g/mol. The molecule has 0 spiro atoms. The van der Waals surface area contributed by atoms with Crippen molar-refractivity contribution in [1.82, 2.24) is 39.4 Å². The molecule has 1 fully saturated rings. The molecule has 2 N–H and O–H groups in total. The zero-order valence-electron chi connectivity index (χ0n) is 30.7. The van der Waals surface area contributed by atoms with Gasteiger partial charge in [-0.3, -0.25) is 38.5 Å². The van der Waals surface area contributed by atoms with E-state index in [0.29, 0.717) is 40.5 Å². The van der Waals surface area contributed by atoms with Crippen molar-refractivity contribution >= 4 is 57.1 Å². The quantitative estimate of drug-likeness (QED) is 0.109. The normalized spacial score (nSPS) is 16.5. The lowest BCUT2D eigenvalue weighted by molar-refractivity contribution is -0.135. The molecule has 1 saturated heterocycles. The van der Waals surface area contributed by atoms with Gasteiger partial charge in [-0.25, -0.2) is 4.98 Å². The Kier molecular flexibility index (Phi) is 9.66. The van der Waals surface area contributed by atoms with Crippen molar-refractivity contribution < 1.29 is 9.59 Å². The Morgan fingerprint density at radius 1 is 1.02 bits per heavy atom. The minimum atomic E-state index is -0.776. The molecule has 13 nitrogen and oxygen atoms in total. The number of carbonyl (C=O) groups is 2. The molecule has 8 rings (SSSR count). The number of aromatic nitrogens is 7. The molecule has 55 heavy (non-hydrogen) atoms. The maximum absolute atomic E-state index is 13.7. The number of imide groups is 1. The van der Waals surface area contributed by atoms with E-state index in [1.165, 1.54) is 4.57 Å². The zero-order chi connectivity index (χ0) is 38.4. The molecule has 0 radical (unpaired) electrons. The summed E-state index contributed by atoms with van der Waals surface area (Å²) in [6.07, 6.45) is 5.83. The Hall–Kier alpha value is -5.91. The standard InChI is InChI=1S/C40H37ClN10O3S/c1-22-32(55-40-34(22)36(27-11-13-28(41)14-12-27)44-23(2)37-48-47-25(4)51(37)40)16-10-26-20-43-49(21-26)19-6-5-18-42-29-8-7-9-30-35(29)39(54)50(24(3)45-30)31-15-17-33(52)46-38(31)53/h7-9,11-14,20-21,23,31,42H,5-6,15,17-19H2,1-4H3,(H,46,52,53)/t23-,31?/m0/s1. The topological polar surface area (TPSA) is 154 Å². The van der Waals surface area contributed by atoms with E-state index in [-0.39, 0.29) is 30.3 Å². The van der Waals surface area contributed by atoms with Crippen molar-refractivity contribution in [2.45, 2.75) is 72.0 Å². The van der Waals surface area contributed by atoms with E-state index in [4.69, 9.17) is 16.6 Å². The second-order valence-electron chi connectivity index (χ2n) is 13.7. The second-order valence-corrected chi connectivity index (χ2v) is 15.1. The van der Waals surface area contributed by atoms with Crippen LogP contribution in [-0.2, 0) is 16.1 Å². The molecule has 2 aromatic carbocycles. The van der Waals surface area contributed by atoms with Crippen molar-refractivity contribution in [2.24, 2.45) is 4.99 Å². The molecule has 4 aromatic heterocycles. The van der Waals surface area contributed by atoms with Gasteiger partial charge in [-0.05, 0) is 76.8 Å². The number of aryl methyl sites for hydroxylation is 3. The van der Waals surface area contributed by atoms with Crippen molar-refractivity contribution in [3.63, 3.8) is 0 Å². The number of benzene rings is 2. The molecule has 6 aromatic rings. The van der Waals surface area contributed by atoms with E-state index in [9.17, 15) is 14.4 Å². The highest BCUT2D eigenvalue weighted by atomic mass is 35.5. The van der Waals surface area contributed by atoms with Crippen molar-refractivity contribution in [3.8, 4) is 16.8 Å². The van der Waals surface area contributed by atoms with Crippen LogP contribution in [0, 0.1) is 32.6 Å². The number of unbranched alkanes of at least 4 members (excludes halogenated alkanes) is 1. The summed E-state index contributed by atoms with van der Waals surface area (Å²) in [5.74, 6) is 7.93. The van der Waals surface area contributed by atoms with Gasteiger partial charge >= 0.3 is 0 Å². The predicted molar refractivity (Wildman–Crippen MR) is 212 cm³/mol. The third-order valence-electron chi connectivity index (χ3n) is 9.94. The number of piperidine rings is 1. The number of halogens is 1. The number of amides is 2. The molecule has 6 heterocycles. The van der Waals surface area contributed by atoms with Gasteiger partial charge in [0.05, 0.1) is 33.3 Å². The Morgan fingerprint density at radius 3 is 2.64 bits per heavy atom. The van der Waals surface area contributed by atoms with Crippen LogP contribution in [0.3, 0.4) is 0 Å². The minimum absolute atomic E-state index is 0.174. The van der Waals surface area contributed by atoms with Gasteiger partial charge in [-0.15, -0.1) is 21.5 Å². The first-order chi connectivity index (χ1) is 26.6. The van der Waals surface area contributed by atoms with Crippen molar-refractivity contribution in [3.05, 3.63) is 115 Å². The molecule has 2 aliphatic heterocycles. The number of nitrogens with one attached hydrogen (secondary N) is 2. The smallest absolute Gasteiger partial charge is 0.264 e. The summed E-state index contributed by atoms with van der Waals surface area (Å²) in [4.78, 5) is 48.7. The summed E-state index contributed by atoms with van der Waals surface area (Å²) in [5.41, 5.74) is 5.64. The summed E-state index contributed by atoms with van der Waals surface area (Å²) in [7, 11) is 0. The fourth-order valence-corrected chi connectivity index (χ4v) is 8.54. The third-order valence-corrected chi connectivity index (χ3v) is 11.4. The van der Waals surface area contributed by atoms with Crippen LogP contribution in [-0.4, -0.2) is 58.2 Å². The summed E-state index contributed by atoms with van der Waals surface area (Å²) < 4.78 is 5.39. The summed E-state index contributed by atoms with van der Waals surface area (Å²) in [5, 5.41) is 21.2. The van der Waals surface area contributed by atoms with E-state index >= 15 is 0 Å². The van der Waals surface area contributed by atoms with Crippen LogP contribution in [0.1, 0.15) is 89.3 Å². The molecular weight excluding hydrogens is 736 g/mol. The van der Waals surface area contributed by atoms with Crippen LogP contribution in [0.4, 0.5) is 5.69 Å². The molecule has 15 heteroatoms. The van der Waals surface area contributed by atoms with E-state index in [1.807, 2.05) is 61.1 Å². The van der Waals surface area contributed by atoms with Gasteiger partial charge in [-0.1, -0.05) is 41.6 Å². The average molecular weight is 773 g/mol. The zero-order valence-corrected chi connectivity index (χ0v) is 32.3. The minimum Gasteiger partial charge on any atom is -0.384 e. The number of hydrogen-bond donors (Lipinski definition) is 2. The first-order valence-corrected chi connectivity index (χ1v) is 19.3. The van der Waals surface area contributed by atoms with Crippen LogP contribution in [0.2, 0.25) is 5.02 Å². The highest BCUT2D eigenvalue weighted by Gasteiger charge is 2.32. The van der Waals surface area contributed by atoms with E-state index in [1.54, 1.807) is 30.5 Å². The molecule has 1 unspecified atom stereocenters. The second kappa shape index (κ2) is 14.7. The van der Waals surface area contributed by atoms with Crippen LogP contribution < -0.4 is 16.2 Å². The van der Waals surface area contributed by atoms with Gasteiger partial charge in [0, 0.05) is 47.5 Å².